The minimum atomic E-state index is -4.58. The standard InChI is InChI=1S/C15H11F3N2O3S2/c16-15(17,18)12-4-7(10-2-1-3-24-10)19-14(20-12)25-11-5-8(21)13-22-6-9(11)23-13/h1-4,9,11,13H,5-6H2/t9-,11-,13+/m0/s1. The largest absolute Gasteiger partial charge is 0.433 e. The minimum Gasteiger partial charge on any atom is -0.343 e. The van der Waals surface area contributed by atoms with Crippen LogP contribution in [0.15, 0.2) is 28.7 Å². The topological polar surface area (TPSA) is 61.3 Å². The van der Waals surface area contributed by atoms with Gasteiger partial charge in [-0.15, -0.1) is 11.3 Å². The van der Waals surface area contributed by atoms with E-state index in [1.165, 1.54) is 11.3 Å². The summed E-state index contributed by atoms with van der Waals surface area (Å²) in [6.45, 7) is 0.241. The van der Waals surface area contributed by atoms with Crippen LogP contribution in [0.5, 0.6) is 0 Å². The van der Waals surface area contributed by atoms with Crippen molar-refractivity contribution in [2.75, 3.05) is 6.61 Å². The number of ether oxygens (including phenoxy) is 2. The lowest BCUT2D eigenvalue weighted by atomic mass is 10.1. The van der Waals surface area contributed by atoms with Crippen LogP contribution in [-0.4, -0.2) is 40.0 Å². The molecule has 0 N–H and O–H groups in total. The molecule has 10 heteroatoms. The van der Waals surface area contributed by atoms with E-state index in [9.17, 15) is 18.0 Å². The van der Waals surface area contributed by atoms with Gasteiger partial charge in [-0.1, -0.05) is 17.8 Å². The second-order valence-electron chi connectivity index (χ2n) is 5.56. The van der Waals surface area contributed by atoms with E-state index in [1.807, 2.05) is 0 Å². The number of carbonyl (C=O) groups is 1. The molecule has 132 valence electrons. The summed E-state index contributed by atoms with van der Waals surface area (Å²) in [5.41, 5.74) is -0.791. The Kier molecular flexibility index (Phi) is 4.30. The summed E-state index contributed by atoms with van der Waals surface area (Å²) in [5.74, 6) is -0.211. The van der Waals surface area contributed by atoms with E-state index in [-0.39, 0.29) is 41.0 Å². The Balaban J connectivity index is 1.66. The van der Waals surface area contributed by atoms with Crippen LogP contribution in [0.25, 0.3) is 10.6 Å². The fourth-order valence-electron chi connectivity index (χ4n) is 2.64. The normalized spacial score (nSPS) is 26.2. The van der Waals surface area contributed by atoms with Crippen LogP contribution < -0.4 is 0 Å². The van der Waals surface area contributed by atoms with Crippen LogP contribution >= 0.6 is 23.1 Å². The molecule has 2 aliphatic rings. The summed E-state index contributed by atoms with van der Waals surface area (Å²) in [4.78, 5) is 20.4. The average molecular weight is 388 g/mol. The quantitative estimate of drug-likeness (QED) is 0.751. The van der Waals surface area contributed by atoms with Gasteiger partial charge >= 0.3 is 6.18 Å². The maximum absolute atomic E-state index is 13.2. The molecular weight excluding hydrogens is 377 g/mol. The molecule has 25 heavy (non-hydrogen) atoms. The molecule has 0 saturated carbocycles. The van der Waals surface area contributed by atoms with Crippen molar-refractivity contribution >= 4 is 28.9 Å². The Bertz CT molecular complexity index is 798. The first-order valence-electron chi connectivity index (χ1n) is 7.37. The van der Waals surface area contributed by atoms with E-state index in [4.69, 9.17) is 9.47 Å². The Hall–Kier alpha value is -1.49. The number of aromatic nitrogens is 2. The third-order valence-corrected chi connectivity index (χ3v) is 5.88. The highest BCUT2D eigenvalue weighted by Crippen LogP contribution is 2.38. The van der Waals surface area contributed by atoms with Gasteiger partial charge in [0.1, 0.15) is 5.69 Å². The zero-order chi connectivity index (χ0) is 17.6. The number of hydrogen-bond acceptors (Lipinski definition) is 7. The molecule has 0 radical (unpaired) electrons. The minimum absolute atomic E-state index is 0.0232. The Morgan fingerprint density at radius 3 is 2.88 bits per heavy atom. The third-order valence-electron chi connectivity index (χ3n) is 3.82. The number of rotatable bonds is 3. The molecule has 0 amide bonds. The number of ketones is 1. The van der Waals surface area contributed by atoms with E-state index in [1.54, 1.807) is 17.5 Å². The van der Waals surface area contributed by atoms with Gasteiger partial charge in [0.25, 0.3) is 0 Å². The van der Waals surface area contributed by atoms with Gasteiger partial charge in [0.05, 0.1) is 23.3 Å². The molecule has 2 bridgehead atoms. The first kappa shape index (κ1) is 17.0. The van der Waals surface area contributed by atoms with Gasteiger partial charge in [-0.05, 0) is 17.5 Å². The summed E-state index contributed by atoms with van der Waals surface area (Å²) < 4.78 is 50.2. The molecule has 2 aromatic heterocycles. The zero-order valence-corrected chi connectivity index (χ0v) is 14.2. The molecular formula is C15H11F3N2O3S2. The first-order chi connectivity index (χ1) is 11.9. The number of carbonyl (C=O) groups excluding carboxylic acids is 1. The van der Waals surface area contributed by atoms with E-state index >= 15 is 0 Å². The molecule has 4 rings (SSSR count). The lowest BCUT2D eigenvalue weighted by Crippen LogP contribution is -2.37. The number of fused-ring (bicyclic) bond motifs is 2. The molecule has 2 aliphatic heterocycles. The van der Waals surface area contributed by atoms with Crippen LogP contribution in [0.3, 0.4) is 0 Å². The summed E-state index contributed by atoms with van der Waals surface area (Å²) in [5, 5.41) is 1.37. The highest BCUT2D eigenvalue weighted by atomic mass is 32.2. The van der Waals surface area contributed by atoms with Gasteiger partial charge in [0.2, 0.25) is 6.29 Å². The predicted molar refractivity (Wildman–Crippen MR) is 84.2 cm³/mol. The third kappa shape index (κ3) is 3.43. The highest BCUT2D eigenvalue weighted by molar-refractivity contribution is 7.99. The van der Waals surface area contributed by atoms with Gasteiger partial charge in [0.15, 0.2) is 10.9 Å². The fourth-order valence-corrected chi connectivity index (χ4v) is 4.44. The van der Waals surface area contributed by atoms with Gasteiger partial charge in [0, 0.05) is 11.7 Å². The van der Waals surface area contributed by atoms with Crippen LogP contribution in [0.4, 0.5) is 13.2 Å². The van der Waals surface area contributed by atoms with E-state index in [2.05, 4.69) is 9.97 Å². The number of hydrogen-bond donors (Lipinski definition) is 0. The van der Waals surface area contributed by atoms with Crippen LogP contribution in [0.1, 0.15) is 12.1 Å². The van der Waals surface area contributed by atoms with Crippen LogP contribution in [0.2, 0.25) is 0 Å². The Morgan fingerprint density at radius 1 is 1.32 bits per heavy atom. The predicted octanol–water partition coefficient (Wildman–Crippen LogP) is 3.40. The number of alkyl halides is 3. The number of nitrogens with zero attached hydrogens (tertiary/aromatic N) is 2. The molecule has 2 saturated heterocycles. The van der Waals surface area contributed by atoms with Gasteiger partial charge in [-0.2, -0.15) is 13.2 Å². The molecule has 0 aromatic carbocycles. The van der Waals surface area contributed by atoms with Crippen molar-refractivity contribution in [3.63, 3.8) is 0 Å². The van der Waals surface area contributed by atoms with Crippen molar-refractivity contribution in [3.05, 3.63) is 29.3 Å². The van der Waals surface area contributed by atoms with Crippen molar-refractivity contribution in [1.29, 1.82) is 0 Å². The van der Waals surface area contributed by atoms with E-state index in [0.29, 0.717) is 4.88 Å². The van der Waals surface area contributed by atoms with Gasteiger partial charge in [-0.3, -0.25) is 4.79 Å². The van der Waals surface area contributed by atoms with Crippen molar-refractivity contribution in [2.24, 2.45) is 0 Å². The maximum Gasteiger partial charge on any atom is 0.433 e. The lowest BCUT2D eigenvalue weighted by molar-refractivity contribution is -0.151. The van der Waals surface area contributed by atoms with Crippen LogP contribution in [-0.2, 0) is 20.4 Å². The second kappa shape index (κ2) is 6.35. The molecule has 0 unspecified atom stereocenters. The van der Waals surface area contributed by atoms with Crippen LogP contribution in [0, 0.1) is 0 Å². The molecule has 5 nitrogen and oxygen atoms in total. The Labute approximate surface area is 148 Å². The summed E-state index contributed by atoms with van der Waals surface area (Å²) in [6.07, 6.45) is -5.61. The van der Waals surface area contributed by atoms with E-state index in [0.717, 1.165) is 17.8 Å². The zero-order valence-electron chi connectivity index (χ0n) is 12.5. The summed E-state index contributed by atoms with van der Waals surface area (Å²) in [7, 11) is 0. The lowest BCUT2D eigenvalue weighted by Gasteiger charge is -2.25. The molecule has 3 atom stereocenters. The van der Waals surface area contributed by atoms with Crippen molar-refractivity contribution < 1.29 is 27.4 Å². The monoisotopic (exact) mass is 388 g/mol. The van der Waals surface area contributed by atoms with Crippen molar-refractivity contribution in [1.82, 2.24) is 9.97 Å². The average Bonchev–Trinajstić information content (AvgIpc) is 3.23. The summed E-state index contributed by atoms with van der Waals surface area (Å²) in [6, 6.07) is 4.38. The van der Waals surface area contributed by atoms with Crippen molar-refractivity contribution in [2.45, 2.75) is 35.4 Å². The molecule has 2 aromatic rings. The second-order valence-corrected chi connectivity index (χ2v) is 7.72. The number of thiophene rings is 1. The number of thioether (sulfide) groups is 1. The Morgan fingerprint density at radius 2 is 2.16 bits per heavy atom. The fraction of sp³-hybridized carbons (Fsp3) is 0.400. The molecule has 0 spiro atoms. The smallest absolute Gasteiger partial charge is 0.343 e. The van der Waals surface area contributed by atoms with Crippen molar-refractivity contribution in [3.8, 4) is 10.6 Å². The summed E-state index contributed by atoms with van der Waals surface area (Å²) >= 11 is 2.32. The first-order valence-corrected chi connectivity index (χ1v) is 9.12. The SMILES string of the molecule is O=C1C[C@H](Sc2nc(-c3cccs3)cc(C(F)(F)F)n2)[C@@H]2CO[C@@H]1O2. The molecule has 0 aliphatic carbocycles. The number of halogens is 3. The van der Waals surface area contributed by atoms with Gasteiger partial charge < -0.3 is 9.47 Å². The van der Waals surface area contributed by atoms with Gasteiger partial charge in [-0.25, -0.2) is 9.97 Å². The molecule has 4 heterocycles. The van der Waals surface area contributed by atoms with E-state index < -0.39 is 18.2 Å². The number of Topliss-reactive ketones (excluding diaryl/α,β-unsaturated/α-hetero) is 1. The highest BCUT2D eigenvalue weighted by Gasteiger charge is 2.44. The molecule has 2 fully saturated rings. The maximum atomic E-state index is 13.2.